The zero-order chi connectivity index (χ0) is 19.3. The molecule has 2 fully saturated rings. The Morgan fingerprint density at radius 1 is 1.18 bits per heavy atom. The van der Waals surface area contributed by atoms with E-state index in [-0.39, 0.29) is 35.7 Å². The van der Waals surface area contributed by atoms with Gasteiger partial charge < -0.3 is 15.0 Å². The highest BCUT2D eigenvalue weighted by molar-refractivity contribution is 5.92. The van der Waals surface area contributed by atoms with Gasteiger partial charge in [-0.15, -0.1) is 0 Å². The summed E-state index contributed by atoms with van der Waals surface area (Å²) in [5, 5.41) is 2.97. The summed E-state index contributed by atoms with van der Waals surface area (Å²) in [6.45, 7) is 1.08. The van der Waals surface area contributed by atoms with Gasteiger partial charge in [0.1, 0.15) is 12.0 Å². The number of likely N-dealkylation sites (tertiary alicyclic amines) is 1. The number of aryl methyl sites for hydroxylation is 1. The number of hydrogen-bond acceptors (Lipinski definition) is 7. The number of hydrogen-bond donors (Lipinski definition) is 1. The number of ether oxygens (including phenoxy) is 1. The third-order valence-corrected chi connectivity index (χ3v) is 5.20. The molecule has 9 heteroatoms. The molecule has 4 rings (SSSR count). The minimum absolute atomic E-state index is 0.0135. The number of fused-ring (bicyclic) bond motifs is 1. The number of carbonyl (C=O) groups is 2. The Kier molecular flexibility index (Phi) is 5.52. The van der Waals surface area contributed by atoms with Crippen LogP contribution >= 0.6 is 0 Å². The lowest BCUT2D eigenvalue weighted by atomic mass is 10.0. The van der Waals surface area contributed by atoms with Gasteiger partial charge in [-0.25, -0.2) is 15.0 Å². The van der Waals surface area contributed by atoms with Crippen LogP contribution in [0.3, 0.4) is 0 Å². The Morgan fingerprint density at radius 2 is 2.04 bits per heavy atom. The van der Waals surface area contributed by atoms with Gasteiger partial charge in [0.05, 0.1) is 24.4 Å². The topological polar surface area (TPSA) is 110 Å². The molecular weight excluding hydrogens is 360 g/mol. The highest BCUT2D eigenvalue weighted by atomic mass is 16.5. The minimum Gasteiger partial charge on any atom is -0.374 e. The largest absolute Gasteiger partial charge is 0.374 e. The van der Waals surface area contributed by atoms with Crippen LogP contribution in [0.1, 0.15) is 35.3 Å². The molecule has 0 aliphatic carbocycles. The van der Waals surface area contributed by atoms with Crippen molar-refractivity contribution in [3.05, 3.63) is 48.6 Å². The van der Waals surface area contributed by atoms with Gasteiger partial charge in [-0.1, -0.05) is 0 Å². The summed E-state index contributed by atoms with van der Waals surface area (Å²) in [4.78, 5) is 43.1. The Balaban J connectivity index is 1.42. The molecule has 2 aliphatic heterocycles. The lowest BCUT2D eigenvalue weighted by Gasteiger charge is -2.32. The van der Waals surface area contributed by atoms with Gasteiger partial charge in [-0.2, -0.15) is 0 Å². The zero-order valence-corrected chi connectivity index (χ0v) is 15.4. The first kappa shape index (κ1) is 18.4. The zero-order valence-electron chi connectivity index (χ0n) is 15.4. The first-order valence-corrected chi connectivity index (χ1v) is 9.44. The lowest BCUT2D eigenvalue weighted by Crippen LogP contribution is -2.48. The molecule has 0 radical (unpaired) electrons. The van der Waals surface area contributed by atoms with E-state index in [9.17, 15) is 9.59 Å². The Bertz CT molecular complexity index is 819. The summed E-state index contributed by atoms with van der Waals surface area (Å²) in [6.07, 6.45) is 11.9. The Morgan fingerprint density at radius 3 is 2.82 bits per heavy atom. The van der Waals surface area contributed by atoms with Gasteiger partial charge >= 0.3 is 0 Å². The van der Waals surface area contributed by atoms with E-state index < -0.39 is 0 Å². The third kappa shape index (κ3) is 3.99. The number of carbonyl (C=O) groups excluding carboxylic acids is 2. The van der Waals surface area contributed by atoms with Crippen LogP contribution in [0.4, 0.5) is 0 Å². The molecule has 0 bridgehead atoms. The van der Waals surface area contributed by atoms with E-state index in [4.69, 9.17) is 4.74 Å². The maximum Gasteiger partial charge on any atom is 0.271 e. The average molecular weight is 382 g/mol. The first-order chi connectivity index (χ1) is 13.7. The van der Waals surface area contributed by atoms with Crippen LogP contribution in [0.2, 0.25) is 0 Å². The van der Waals surface area contributed by atoms with E-state index in [0.717, 1.165) is 18.4 Å². The smallest absolute Gasteiger partial charge is 0.271 e. The predicted molar refractivity (Wildman–Crippen MR) is 98.1 cm³/mol. The molecule has 2 amide bonds. The van der Waals surface area contributed by atoms with Crippen molar-refractivity contribution in [1.82, 2.24) is 30.2 Å². The fourth-order valence-electron chi connectivity index (χ4n) is 3.88. The molecule has 2 aromatic rings. The van der Waals surface area contributed by atoms with Gasteiger partial charge in [0.25, 0.3) is 5.91 Å². The molecule has 2 aromatic heterocycles. The number of nitrogens with one attached hydrogen (secondary N) is 1. The van der Waals surface area contributed by atoms with Gasteiger partial charge in [-0.05, 0) is 24.8 Å². The van der Waals surface area contributed by atoms with Crippen LogP contribution in [0, 0.1) is 0 Å². The van der Waals surface area contributed by atoms with Crippen molar-refractivity contribution < 1.29 is 14.3 Å². The summed E-state index contributed by atoms with van der Waals surface area (Å²) in [5.41, 5.74) is 1.18. The molecule has 2 saturated heterocycles. The van der Waals surface area contributed by atoms with Crippen molar-refractivity contribution in [1.29, 1.82) is 0 Å². The van der Waals surface area contributed by atoms with Crippen molar-refractivity contribution >= 4 is 11.8 Å². The maximum atomic E-state index is 12.9. The molecule has 146 valence electrons. The standard InChI is InChI=1S/C19H22N6O3/c26-17(4-3-13-8-21-12-22-9-13)25-11-15(18-16(25)2-1-7-28-18)24-19(27)14-10-20-5-6-23-14/h5-6,8-10,12,15-16,18H,1-4,7,11H2,(H,24,27)/t15-,16-,18-/m0/s1. The quantitative estimate of drug-likeness (QED) is 0.796. The highest BCUT2D eigenvalue weighted by Crippen LogP contribution is 2.30. The molecule has 0 saturated carbocycles. The van der Waals surface area contributed by atoms with Crippen LogP contribution in [0.15, 0.2) is 37.3 Å². The molecule has 0 spiro atoms. The predicted octanol–water partition coefficient (Wildman–Crippen LogP) is 0.388. The number of rotatable bonds is 5. The first-order valence-electron chi connectivity index (χ1n) is 9.44. The third-order valence-electron chi connectivity index (χ3n) is 5.20. The molecule has 4 heterocycles. The highest BCUT2D eigenvalue weighted by Gasteiger charge is 2.46. The molecule has 0 unspecified atom stereocenters. The molecule has 2 aliphatic rings. The van der Waals surface area contributed by atoms with Gasteiger partial charge in [0.15, 0.2) is 0 Å². The summed E-state index contributed by atoms with van der Waals surface area (Å²) < 4.78 is 5.93. The van der Waals surface area contributed by atoms with Crippen molar-refractivity contribution in [2.24, 2.45) is 0 Å². The van der Waals surface area contributed by atoms with E-state index in [0.29, 0.717) is 26.0 Å². The molecule has 1 N–H and O–H groups in total. The van der Waals surface area contributed by atoms with Crippen molar-refractivity contribution in [2.75, 3.05) is 13.2 Å². The minimum atomic E-state index is -0.304. The molecule has 9 nitrogen and oxygen atoms in total. The van der Waals surface area contributed by atoms with E-state index in [1.165, 1.54) is 24.9 Å². The monoisotopic (exact) mass is 382 g/mol. The maximum absolute atomic E-state index is 12.9. The molecule has 28 heavy (non-hydrogen) atoms. The van der Waals surface area contributed by atoms with E-state index >= 15 is 0 Å². The van der Waals surface area contributed by atoms with Crippen LogP contribution in [0.5, 0.6) is 0 Å². The van der Waals surface area contributed by atoms with Crippen molar-refractivity contribution in [3.63, 3.8) is 0 Å². The van der Waals surface area contributed by atoms with Crippen LogP contribution in [-0.2, 0) is 16.0 Å². The number of amides is 2. The van der Waals surface area contributed by atoms with Crippen LogP contribution in [0.25, 0.3) is 0 Å². The lowest BCUT2D eigenvalue weighted by molar-refractivity contribution is -0.134. The SMILES string of the molecule is O=C(N[C@H]1CN(C(=O)CCc2cncnc2)[C@H]2CCCO[C@@H]12)c1cnccn1. The van der Waals surface area contributed by atoms with E-state index in [2.05, 4.69) is 25.3 Å². The second kappa shape index (κ2) is 8.39. The summed E-state index contributed by atoms with van der Waals surface area (Å²) in [7, 11) is 0. The van der Waals surface area contributed by atoms with Gasteiger partial charge in [0.2, 0.25) is 5.91 Å². The van der Waals surface area contributed by atoms with Gasteiger partial charge in [0, 0.05) is 44.4 Å². The van der Waals surface area contributed by atoms with Crippen molar-refractivity contribution in [2.45, 2.75) is 43.9 Å². The summed E-state index contributed by atoms with van der Waals surface area (Å²) in [6, 6.07) is -0.274. The summed E-state index contributed by atoms with van der Waals surface area (Å²) in [5.74, 6) is -0.248. The number of nitrogens with zero attached hydrogens (tertiary/aromatic N) is 5. The van der Waals surface area contributed by atoms with E-state index in [1.54, 1.807) is 12.4 Å². The normalized spacial score (nSPS) is 23.9. The molecule has 0 aromatic carbocycles. The second-order valence-electron chi connectivity index (χ2n) is 7.01. The molecule has 3 atom stereocenters. The van der Waals surface area contributed by atoms with Crippen LogP contribution < -0.4 is 5.32 Å². The van der Waals surface area contributed by atoms with Crippen LogP contribution in [-0.4, -0.2) is 68.0 Å². The Hall–Kier alpha value is -2.94. The average Bonchev–Trinajstić information content (AvgIpc) is 3.12. The van der Waals surface area contributed by atoms with Crippen molar-refractivity contribution in [3.8, 4) is 0 Å². The fraction of sp³-hybridized carbons (Fsp3) is 0.474. The second-order valence-corrected chi connectivity index (χ2v) is 7.01. The fourth-order valence-corrected chi connectivity index (χ4v) is 3.88. The molecular formula is C19H22N6O3. The Labute approximate surface area is 162 Å². The van der Waals surface area contributed by atoms with Gasteiger partial charge in [-0.3, -0.25) is 14.6 Å². The summed E-state index contributed by atoms with van der Waals surface area (Å²) >= 11 is 0. The van der Waals surface area contributed by atoms with E-state index in [1.807, 2.05) is 4.90 Å². The number of aromatic nitrogens is 4.